The fraction of sp³-hybridized carbons (Fsp3) is 0.727. The molecule has 2 atom stereocenters. The quantitative estimate of drug-likeness (QED) is 0.783. The van der Waals surface area contributed by atoms with Gasteiger partial charge in [-0.3, -0.25) is 0 Å². The molecule has 1 aromatic rings. The van der Waals surface area contributed by atoms with Crippen molar-refractivity contribution in [2.45, 2.75) is 38.3 Å². The molecule has 15 heavy (non-hydrogen) atoms. The summed E-state index contributed by atoms with van der Waals surface area (Å²) in [7, 11) is 1.93. The van der Waals surface area contributed by atoms with Crippen LogP contribution in [0.4, 0.5) is 0 Å². The number of hydrogen-bond donors (Lipinski definition) is 2. The number of nitrogens with zero attached hydrogens (tertiary/aromatic N) is 1. The van der Waals surface area contributed by atoms with E-state index in [1.54, 1.807) is 6.26 Å². The maximum Gasteiger partial charge on any atom is 0.195 e. The molecule has 84 valence electrons. The standard InChI is InChI=1S/C11H19N3O/c1-8(12-2)10-7-15-11(14-10)6-9-4-3-5-13-9/h7-9,12-13H,3-6H2,1-2H3. The van der Waals surface area contributed by atoms with Crippen LogP contribution in [0.25, 0.3) is 0 Å². The van der Waals surface area contributed by atoms with Crippen LogP contribution in [0.3, 0.4) is 0 Å². The molecule has 2 unspecified atom stereocenters. The minimum absolute atomic E-state index is 0.263. The summed E-state index contributed by atoms with van der Waals surface area (Å²) in [5.74, 6) is 0.853. The zero-order valence-corrected chi connectivity index (χ0v) is 9.42. The third kappa shape index (κ3) is 2.58. The van der Waals surface area contributed by atoms with Crippen LogP contribution in [0.2, 0.25) is 0 Å². The molecule has 1 aromatic heterocycles. The van der Waals surface area contributed by atoms with Crippen LogP contribution in [0.15, 0.2) is 10.7 Å². The molecule has 0 bridgehead atoms. The average Bonchev–Trinajstić information content (AvgIpc) is 2.88. The largest absolute Gasteiger partial charge is 0.449 e. The van der Waals surface area contributed by atoms with E-state index < -0.39 is 0 Å². The lowest BCUT2D eigenvalue weighted by Gasteiger charge is -2.06. The number of hydrogen-bond acceptors (Lipinski definition) is 4. The summed E-state index contributed by atoms with van der Waals surface area (Å²) in [6.45, 7) is 3.21. The van der Waals surface area contributed by atoms with Gasteiger partial charge in [0.05, 0.1) is 5.69 Å². The molecule has 0 radical (unpaired) electrons. The van der Waals surface area contributed by atoms with Gasteiger partial charge in [0.25, 0.3) is 0 Å². The molecule has 0 saturated carbocycles. The normalized spacial score (nSPS) is 23.2. The van der Waals surface area contributed by atoms with Crippen LogP contribution >= 0.6 is 0 Å². The highest BCUT2D eigenvalue weighted by Crippen LogP contribution is 2.15. The Hall–Kier alpha value is -0.870. The second kappa shape index (κ2) is 4.77. The predicted molar refractivity (Wildman–Crippen MR) is 58.7 cm³/mol. The van der Waals surface area contributed by atoms with Gasteiger partial charge in [0.2, 0.25) is 0 Å². The average molecular weight is 209 g/mol. The van der Waals surface area contributed by atoms with E-state index in [2.05, 4.69) is 22.5 Å². The van der Waals surface area contributed by atoms with Crippen LogP contribution in [-0.2, 0) is 6.42 Å². The molecule has 0 aromatic carbocycles. The van der Waals surface area contributed by atoms with Gasteiger partial charge in [-0.05, 0) is 33.4 Å². The number of rotatable bonds is 4. The minimum atomic E-state index is 0.263. The summed E-state index contributed by atoms with van der Waals surface area (Å²) in [5, 5.41) is 6.59. The Morgan fingerprint density at radius 2 is 2.60 bits per heavy atom. The summed E-state index contributed by atoms with van der Waals surface area (Å²) in [6, 6.07) is 0.820. The second-order valence-electron chi connectivity index (χ2n) is 4.17. The third-order valence-electron chi connectivity index (χ3n) is 3.03. The van der Waals surface area contributed by atoms with Gasteiger partial charge in [-0.2, -0.15) is 0 Å². The molecule has 2 heterocycles. The van der Waals surface area contributed by atoms with Gasteiger partial charge in [0.1, 0.15) is 6.26 Å². The minimum Gasteiger partial charge on any atom is -0.449 e. The zero-order chi connectivity index (χ0) is 10.7. The summed E-state index contributed by atoms with van der Waals surface area (Å²) in [6.07, 6.45) is 5.17. The molecule has 1 aliphatic rings. The van der Waals surface area contributed by atoms with Crippen LogP contribution in [0.5, 0.6) is 0 Å². The molecular weight excluding hydrogens is 190 g/mol. The number of aromatic nitrogens is 1. The smallest absolute Gasteiger partial charge is 0.195 e. The Morgan fingerprint density at radius 3 is 3.27 bits per heavy atom. The van der Waals surface area contributed by atoms with Gasteiger partial charge < -0.3 is 15.1 Å². The van der Waals surface area contributed by atoms with E-state index in [-0.39, 0.29) is 6.04 Å². The van der Waals surface area contributed by atoms with Crippen molar-refractivity contribution in [3.8, 4) is 0 Å². The van der Waals surface area contributed by atoms with Crippen LogP contribution in [0, 0.1) is 0 Å². The third-order valence-corrected chi connectivity index (χ3v) is 3.03. The molecule has 1 saturated heterocycles. The predicted octanol–water partition coefficient (Wildman–Crippen LogP) is 1.25. The van der Waals surface area contributed by atoms with Crippen molar-refractivity contribution < 1.29 is 4.42 Å². The van der Waals surface area contributed by atoms with Gasteiger partial charge in [-0.1, -0.05) is 0 Å². The van der Waals surface area contributed by atoms with E-state index in [0.29, 0.717) is 6.04 Å². The molecular formula is C11H19N3O. The van der Waals surface area contributed by atoms with Crippen molar-refractivity contribution in [2.24, 2.45) is 0 Å². The highest BCUT2D eigenvalue weighted by molar-refractivity contribution is 5.03. The molecule has 0 amide bonds. The van der Waals surface area contributed by atoms with Crippen molar-refractivity contribution in [2.75, 3.05) is 13.6 Å². The summed E-state index contributed by atoms with van der Waals surface area (Å²) >= 11 is 0. The Balaban J connectivity index is 1.94. The second-order valence-corrected chi connectivity index (χ2v) is 4.17. The van der Waals surface area contributed by atoms with Gasteiger partial charge in [-0.15, -0.1) is 0 Å². The van der Waals surface area contributed by atoms with Crippen LogP contribution in [0.1, 0.15) is 37.4 Å². The monoisotopic (exact) mass is 209 g/mol. The fourth-order valence-electron chi connectivity index (χ4n) is 1.91. The first kappa shape index (κ1) is 10.6. The topological polar surface area (TPSA) is 50.1 Å². The molecule has 0 spiro atoms. The first-order chi connectivity index (χ1) is 7.29. The van der Waals surface area contributed by atoms with E-state index in [4.69, 9.17) is 4.42 Å². The van der Waals surface area contributed by atoms with E-state index in [0.717, 1.165) is 24.6 Å². The van der Waals surface area contributed by atoms with Crippen LogP contribution in [-0.4, -0.2) is 24.6 Å². The van der Waals surface area contributed by atoms with Gasteiger partial charge >= 0.3 is 0 Å². The SMILES string of the molecule is CNC(C)c1coc(CC2CCCN2)n1. The molecule has 4 nitrogen and oxygen atoms in total. The Labute approximate surface area is 90.5 Å². The van der Waals surface area contributed by atoms with E-state index >= 15 is 0 Å². The molecule has 2 N–H and O–H groups in total. The van der Waals surface area contributed by atoms with E-state index in [1.165, 1.54) is 12.8 Å². The molecule has 0 aliphatic carbocycles. The Morgan fingerprint density at radius 1 is 1.73 bits per heavy atom. The maximum absolute atomic E-state index is 5.46. The Bertz CT molecular complexity index is 305. The molecule has 4 heteroatoms. The fourth-order valence-corrected chi connectivity index (χ4v) is 1.91. The van der Waals surface area contributed by atoms with Crippen molar-refractivity contribution in [1.82, 2.24) is 15.6 Å². The summed E-state index contributed by atoms with van der Waals surface area (Å²) in [4.78, 5) is 4.48. The lowest BCUT2D eigenvalue weighted by atomic mass is 10.1. The number of nitrogens with one attached hydrogen (secondary N) is 2. The van der Waals surface area contributed by atoms with E-state index in [9.17, 15) is 0 Å². The first-order valence-electron chi connectivity index (χ1n) is 5.64. The Kier molecular flexibility index (Phi) is 3.38. The highest BCUT2D eigenvalue weighted by Gasteiger charge is 2.18. The lowest BCUT2D eigenvalue weighted by molar-refractivity contribution is 0.455. The summed E-state index contributed by atoms with van der Waals surface area (Å²) in [5.41, 5.74) is 0.991. The van der Waals surface area contributed by atoms with Crippen molar-refractivity contribution >= 4 is 0 Å². The van der Waals surface area contributed by atoms with Gasteiger partial charge in [0, 0.05) is 18.5 Å². The zero-order valence-electron chi connectivity index (χ0n) is 9.42. The van der Waals surface area contributed by atoms with E-state index in [1.807, 2.05) is 7.05 Å². The van der Waals surface area contributed by atoms with Crippen molar-refractivity contribution in [3.63, 3.8) is 0 Å². The molecule has 1 fully saturated rings. The van der Waals surface area contributed by atoms with Crippen LogP contribution < -0.4 is 10.6 Å². The van der Waals surface area contributed by atoms with Gasteiger partial charge in [0.15, 0.2) is 5.89 Å². The highest BCUT2D eigenvalue weighted by atomic mass is 16.3. The van der Waals surface area contributed by atoms with Crippen molar-refractivity contribution in [1.29, 1.82) is 0 Å². The number of oxazole rings is 1. The first-order valence-corrected chi connectivity index (χ1v) is 5.64. The maximum atomic E-state index is 5.46. The van der Waals surface area contributed by atoms with Crippen molar-refractivity contribution in [3.05, 3.63) is 17.8 Å². The summed E-state index contributed by atoms with van der Waals surface area (Å²) < 4.78 is 5.46. The lowest BCUT2D eigenvalue weighted by Crippen LogP contribution is -2.23. The molecule has 2 rings (SSSR count). The molecule has 1 aliphatic heterocycles. The van der Waals surface area contributed by atoms with Gasteiger partial charge in [-0.25, -0.2) is 4.98 Å².